The summed E-state index contributed by atoms with van der Waals surface area (Å²) in [4.78, 5) is 23.0. The third-order valence-electron chi connectivity index (χ3n) is 3.21. The van der Waals surface area contributed by atoms with Gasteiger partial charge >= 0.3 is 11.8 Å². The lowest BCUT2D eigenvalue weighted by atomic mass is 10.1. The van der Waals surface area contributed by atoms with Crippen LogP contribution < -0.4 is 10.6 Å². The molecule has 2 N–H and O–H groups in total. The molecule has 0 rings (SSSR count). The summed E-state index contributed by atoms with van der Waals surface area (Å²) in [6.07, 6.45) is 8.42. The number of unbranched alkanes of at least 4 members (excludes halogenated alkanes) is 8. The number of nitrogens with one attached hydrogen (secondary N) is 2. The first kappa shape index (κ1) is 19.9. The molecule has 0 saturated carbocycles. The van der Waals surface area contributed by atoms with Crippen molar-refractivity contribution in [2.75, 3.05) is 13.1 Å². The molecule has 0 aliphatic rings. The van der Waals surface area contributed by atoms with Crippen molar-refractivity contribution >= 4 is 11.8 Å². The fourth-order valence-electron chi connectivity index (χ4n) is 1.93. The zero-order valence-corrected chi connectivity index (χ0v) is 13.2. The van der Waals surface area contributed by atoms with Gasteiger partial charge in [0, 0.05) is 25.9 Å². The van der Waals surface area contributed by atoms with E-state index in [0.717, 1.165) is 51.4 Å². The molecule has 0 radical (unpaired) electrons. The van der Waals surface area contributed by atoms with E-state index in [1.165, 1.54) is 0 Å². The highest BCUT2D eigenvalue weighted by Gasteiger charge is 2.11. The van der Waals surface area contributed by atoms with Crippen LogP contribution >= 0.6 is 0 Å². The third-order valence-corrected chi connectivity index (χ3v) is 3.21. The molecule has 6 nitrogen and oxygen atoms in total. The average Bonchev–Trinajstić information content (AvgIpc) is 2.52. The molecule has 0 bridgehead atoms. The number of rotatable bonds is 12. The molecular weight excluding hydrogens is 280 g/mol. The van der Waals surface area contributed by atoms with Crippen LogP contribution in [-0.2, 0) is 9.59 Å². The summed E-state index contributed by atoms with van der Waals surface area (Å²) in [5, 5.41) is 21.9. The fourth-order valence-corrected chi connectivity index (χ4v) is 1.93. The molecule has 0 spiro atoms. The minimum Gasteiger partial charge on any atom is -0.348 e. The fraction of sp³-hybridized carbons (Fsp3) is 0.750. The number of amides is 2. The Morgan fingerprint density at radius 1 is 0.636 bits per heavy atom. The van der Waals surface area contributed by atoms with E-state index >= 15 is 0 Å². The van der Waals surface area contributed by atoms with Gasteiger partial charge < -0.3 is 10.6 Å². The second-order valence-corrected chi connectivity index (χ2v) is 5.16. The van der Waals surface area contributed by atoms with E-state index in [9.17, 15) is 9.59 Å². The molecule has 0 unspecified atom stereocenters. The van der Waals surface area contributed by atoms with E-state index in [2.05, 4.69) is 22.8 Å². The van der Waals surface area contributed by atoms with Gasteiger partial charge in [0.1, 0.15) is 0 Å². The largest absolute Gasteiger partial charge is 0.348 e. The standard InChI is InChI=1S/C16H26N4O2/c17-11-7-3-1-5-9-13-19-15(21)16(22)20-14-10-6-2-4-8-12-18/h1-10,13-14H2,(H,19,21)(H,20,22). The van der Waals surface area contributed by atoms with Gasteiger partial charge in [-0.1, -0.05) is 25.7 Å². The van der Waals surface area contributed by atoms with Crippen LogP contribution in [-0.4, -0.2) is 24.9 Å². The lowest BCUT2D eigenvalue weighted by Crippen LogP contribution is -2.40. The molecule has 2 amide bonds. The van der Waals surface area contributed by atoms with Crippen molar-refractivity contribution in [3.63, 3.8) is 0 Å². The summed E-state index contributed by atoms with van der Waals surface area (Å²) in [6.45, 7) is 0.986. The average molecular weight is 306 g/mol. The van der Waals surface area contributed by atoms with Crippen LogP contribution in [0.5, 0.6) is 0 Å². The number of nitriles is 2. The number of nitrogens with zero attached hydrogens (tertiary/aromatic N) is 2. The molecule has 0 aliphatic heterocycles. The monoisotopic (exact) mass is 306 g/mol. The van der Waals surface area contributed by atoms with E-state index in [0.29, 0.717) is 25.9 Å². The lowest BCUT2D eigenvalue weighted by Gasteiger charge is -2.06. The Morgan fingerprint density at radius 2 is 1.00 bits per heavy atom. The summed E-state index contributed by atoms with van der Waals surface area (Å²) in [7, 11) is 0. The molecule has 0 aromatic carbocycles. The molecule has 0 atom stereocenters. The topological polar surface area (TPSA) is 106 Å². The van der Waals surface area contributed by atoms with Gasteiger partial charge in [-0.3, -0.25) is 9.59 Å². The molecule has 0 aliphatic carbocycles. The molecule has 0 fully saturated rings. The van der Waals surface area contributed by atoms with E-state index in [1.807, 2.05) is 0 Å². The Bertz CT molecular complexity index is 358. The van der Waals surface area contributed by atoms with Crippen molar-refractivity contribution in [1.82, 2.24) is 10.6 Å². The van der Waals surface area contributed by atoms with Crippen LogP contribution in [0.15, 0.2) is 0 Å². The SMILES string of the molecule is N#CCCCCCCNC(=O)C(=O)NCCCCCCC#N. The van der Waals surface area contributed by atoms with Gasteiger partial charge in [0.05, 0.1) is 12.1 Å². The highest BCUT2D eigenvalue weighted by atomic mass is 16.2. The van der Waals surface area contributed by atoms with Gasteiger partial charge in [-0.25, -0.2) is 0 Å². The van der Waals surface area contributed by atoms with E-state index in [1.54, 1.807) is 0 Å². The highest BCUT2D eigenvalue weighted by molar-refractivity contribution is 6.35. The second-order valence-electron chi connectivity index (χ2n) is 5.16. The number of carbonyl (C=O) groups is 2. The highest BCUT2D eigenvalue weighted by Crippen LogP contribution is 2.02. The van der Waals surface area contributed by atoms with Gasteiger partial charge in [0.15, 0.2) is 0 Å². The van der Waals surface area contributed by atoms with E-state index in [-0.39, 0.29) is 0 Å². The molecule has 0 aromatic heterocycles. The predicted octanol–water partition coefficient (Wildman–Crippen LogP) is 2.17. The van der Waals surface area contributed by atoms with Crippen molar-refractivity contribution in [3.8, 4) is 12.1 Å². The Balaban J connectivity index is 3.42. The predicted molar refractivity (Wildman–Crippen MR) is 83.4 cm³/mol. The van der Waals surface area contributed by atoms with Crippen LogP contribution in [0.25, 0.3) is 0 Å². The van der Waals surface area contributed by atoms with Crippen LogP contribution in [0.1, 0.15) is 64.2 Å². The molecule has 0 aromatic rings. The maximum absolute atomic E-state index is 11.5. The molecule has 22 heavy (non-hydrogen) atoms. The Labute approximate surface area is 132 Å². The van der Waals surface area contributed by atoms with Crippen molar-refractivity contribution in [2.24, 2.45) is 0 Å². The van der Waals surface area contributed by atoms with Gasteiger partial charge in [-0.05, 0) is 25.7 Å². The first-order valence-electron chi connectivity index (χ1n) is 8.02. The summed E-state index contributed by atoms with van der Waals surface area (Å²) in [5.74, 6) is -1.16. The van der Waals surface area contributed by atoms with E-state index in [4.69, 9.17) is 10.5 Å². The summed E-state index contributed by atoms with van der Waals surface area (Å²) in [5.41, 5.74) is 0. The quantitative estimate of drug-likeness (QED) is 0.425. The van der Waals surface area contributed by atoms with Crippen LogP contribution in [0.3, 0.4) is 0 Å². The zero-order chi connectivity index (χ0) is 16.5. The molecule has 122 valence electrons. The number of hydrogen-bond acceptors (Lipinski definition) is 4. The molecular formula is C16H26N4O2. The summed E-state index contributed by atoms with van der Waals surface area (Å²) in [6, 6.07) is 4.19. The smallest absolute Gasteiger partial charge is 0.309 e. The molecule has 0 heterocycles. The van der Waals surface area contributed by atoms with Gasteiger partial charge in [0.25, 0.3) is 0 Å². The Hall–Kier alpha value is -2.08. The first-order valence-corrected chi connectivity index (χ1v) is 8.02. The lowest BCUT2D eigenvalue weighted by molar-refractivity contribution is -0.139. The number of hydrogen-bond donors (Lipinski definition) is 2. The van der Waals surface area contributed by atoms with Crippen LogP contribution in [0.2, 0.25) is 0 Å². The van der Waals surface area contributed by atoms with Crippen molar-refractivity contribution in [2.45, 2.75) is 64.2 Å². The third kappa shape index (κ3) is 12.9. The maximum Gasteiger partial charge on any atom is 0.309 e. The summed E-state index contributed by atoms with van der Waals surface area (Å²) < 4.78 is 0. The van der Waals surface area contributed by atoms with Crippen molar-refractivity contribution in [3.05, 3.63) is 0 Å². The second kappa shape index (κ2) is 15.3. The Kier molecular flexibility index (Phi) is 13.9. The summed E-state index contributed by atoms with van der Waals surface area (Å²) >= 11 is 0. The zero-order valence-electron chi connectivity index (χ0n) is 13.2. The molecule has 0 saturated heterocycles. The Morgan fingerprint density at radius 3 is 1.36 bits per heavy atom. The van der Waals surface area contributed by atoms with Crippen molar-refractivity contribution < 1.29 is 9.59 Å². The first-order chi connectivity index (χ1) is 10.7. The minimum absolute atomic E-state index is 0.493. The normalized spacial score (nSPS) is 9.55. The van der Waals surface area contributed by atoms with E-state index < -0.39 is 11.8 Å². The van der Waals surface area contributed by atoms with Crippen molar-refractivity contribution in [1.29, 1.82) is 10.5 Å². The van der Waals surface area contributed by atoms with Gasteiger partial charge in [-0.2, -0.15) is 10.5 Å². The molecule has 6 heteroatoms. The minimum atomic E-state index is -0.582. The van der Waals surface area contributed by atoms with Crippen LogP contribution in [0.4, 0.5) is 0 Å². The van der Waals surface area contributed by atoms with Crippen LogP contribution in [0, 0.1) is 22.7 Å². The van der Waals surface area contributed by atoms with Gasteiger partial charge in [-0.15, -0.1) is 0 Å². The maximum atomic E-state index is 11.5. The van der Waals surface area contributed by atoms with Gasteiger partial charge in [0.2, 0.25) is 0 Å². The number of carbonyl (C=O) groups excluding carboxylic acids is 2.